The van der Waals surface area contributed by atoms with E-state index in [1.807, 2.05) is 0 Å². The first-order valence-corrected chi connectivity index (χ1v) is 7.73. The summed E-state index contributed by atoms with van der Waals surface area (Å²) in [7, 11) is 2.12. The van der Waals surface area contributed by atoms with Crippen LogP contribution >= 0.6 is 0 Å². The van der Waals surface area contributed by atoms with Crippen LogP contribution in [0.2, 0.25) is 0 Å². The van der Waals surface area contributed by atoms with E-state index in [1.165, 1.54) is 24.0 Å². The van der Waals surface area contributed by atoms with Crippen LogP contribution in [-0.4, -0.2) is 24.4 Å². The smallest absolute Gasteiger partial charge is 0.223 e. The zero-order valence-corrected chi connectivity index (χ0v) is 12.7. The summed E-state index contributed by atoms with van der Waals surface area (Å²) in [6, 6.07) is 8.51. The molecule has 0 spiro atoms. The molecule has 1 aliphatic rings. The normalized spacial score (nSPS) is 15.8. The fourth-order valence-electron chi connectivity index (χ4n) is 2.78. The van der Waals surface area contributed by atoms with Crippen molar-refractivity contribution >= 4 is 5.91 Å². The Morgan fingerprint density at radius 2 is 2.00 bits per heavy atom. The number of carbonyl (C=O) groups excluding carboxylic acids is 1. The third kappa shape index (κ3) is 4.34. The van der Waals surface area contributed by atoms with Gasteiger partial charge in [0, 0.05) is 19.0 Å². The molecule has 1 aromatic carbocycles. The highest BCUT2D eigenvalue weighted by Gasteiger charge is 2.22. The van der Waals surface area contributed by atoms with Crippen molar-refractivity contribution in [3.05, 3.63) is 35.4 Å². The molecule has 1 amide bonds. The Bertz CT molecular complexity index is 438. The summed E-state index contributed by atoms with van der Waals surface area (Å²) in [6.07, 6.45) is 4.54. The minimum Gasteiger partial charge on any atom is -0.352 e. The molecule has 20 heavy (non-hydrogen) atoms. The lowest BCUT2D eigenvalue weighted by Crippen LogP contribution is -2.28. The standard InChI is InChI=1S/C17H26N2O/c1-3-19(2)13-15-8-6-7-14(11-15)12-18-17(20)16-9-4-5-10-16/h6-8,11,16H,3-5,9-10,12-13H2,1-2H3,(H,18,20). The summed E-state index contributed by atoms with van der Waals surface area (Å²) in [5.74, 6) is 0.489. The molecule has 0 atom stereocenters. The van der Waals surface area contributed by atoms with Crippen molar-refractivity contribution in [2.75, 3.05) is 13.6 Å². The number of hydrogen-bond acceptors (Lipinski definition) is 2. The molecule has 0 aliphatic heterocycles. The van der Waals surface area contributed by atoms with Gasteiger partial charge in [0.15, 0.2) is 0 Å². The second-order valence-corrected chi connectivity index (χ2v) is 5.85. The predicted octanol–water partition coefficient (Wildman–Crippen LogP) is 2.94. The first-order chi connectivity index (χ1) is 9.69. The van der Waals surface area contributed by atoms with E-state index in [0.717, 1.165) is 25.9 Å². The zero-order chi connectivity index (χ0) is 14.4. The van der Waals surface area contributed by atoms with Gasteiger partial charge in [-0.2, -0.15) is 0 Å². The third-order valence-electron chi connectivity index (χ3n) is 4.18. The molecule has 0 radical (unpaired) electrons. The Morgan fingerprint density at radius 1 is 1.30 bits per heavy atom. The van der Waals surface area contributed by atoms with Gasteiger partial charge in [-0.25, -0.2) is 0 Å². The van der Waals surface area contributed by atoms with Crippen LogP contribution in [0.4, 0.5) is 0 Å². The second kappa shape index (κ2) is 7.44. The van der Waals surface area contributed by atoms with Gasteiger partial charge in [0.1, 0.15) is 0 Å². The number of nitrogens with zero attached hydrogens (tertiary/aromatic N) is 1. The Hall–Kier alpha value is -1.35. The first kappa shape index (κ1) is 15.0. The molecular weight excluding hydrogens is 248 g/mol. The van der Waals surface area contributed by atoms with E-state index >= 15 is 0 Å². The number of carbonyl (C=O) groups is 1. The maximum atomic E-state index is 12.0. The molecule has 0 bridgehead atoms. The predicted molar refractivity (Wildman–Crippen MR) is 82.3 cm³/mol. The number of rotatable bonds is 6. The summed E-state index contributed by atoms with van der Waals surface area (Å²) >= 11 is 0. The van der Waals surface area contributed by atoms with Gasteiger partial charge in [-0.1, -0.05) is 44.0 Å². The van der Waals surface area contributed by atoms with E-state index in [9.17, 15) is 4.79 Å². The minimum absolute atomic E-state index is 0.235. The van der Waals surface area contributed by atoms with Gasteiger partial charge in [-0.15, -0.1) is 0 Å². The van der Waals surface area contributed by atoms with Gasteiger partial charge in [0.25, 0.3) is 0 Å². The summed E-state index contributed by atoms with van der Waals surface area (Å²) in [4.78, 5) is 14.3. The Kier molecular flexibility index (Phi) is 5.60. The first-order valence-electron chi connectivity index (χ1n) is 7.73. The SMILES string of the molecule is CCN(C)Cc1cccc(CNC(=O)C2CCCC2)c1. The quantitative estimate of drug-likeness (QED) is 0.865. The highest BCUT2D eigenvalue weighted by molar-refractivity contribution is 5.78. The van der Waals surface area contributed by atoms with Gasteiger partial charge in [0.05, 0.1) is 0 Å². The number of nitrogens with one attached hydrogen (secondary N) is 1. The molecule has 1 N–H and O–H groups in total. The van der Waals surface area contributed by atoms with Crippen molar-refractivity contribution < 1.29 is 4.79 Å². The summed E-state index contributed by atoms with van der Waals surface area (Å²) in [5.41, 5.74) is 2.50. The zero-order valence-electron chi connectivity index (χ0n) is 12.7. The molecule has 0 saturated heterocycles. The Morgan fingerprint density at radius 3 is 2.70 bits per heavy atom. The fraction of sp³-hybridized carbons (Fsp3) is 0.588. The maximum absolute atomic E-state index is 12.0. The van der Waals surface area contributed by atoms with Crippen molar-refractivity contribution in [1.29, 1.82) is 0 Å². The number of amides is 1. The van der Waals surface area contributed by atoms with Crippen molar-refractivity contribution in [2.45, 2.75) is 45.7 Å². The van der Waals surface area contributed by atoms with Crippen LogP contribution in [-0.2, 0) is 17.9 Å². The lowest BCUT2D eigenvalue weighted by molar-refractivity contribution is -0.124. The lowest BCUT2D eigenvalue weighted by atomic mass is 10.1. The van der Waals surface area contributed by atoms with Crippen LogP contribution < -0.4 is 5.32 Å². The molecular formula is C17H26N2O. The van der Waals surface area contributed by atoms with Crippen molar-refractivity contribution in [3.63, 3.8) is 0 Å². The van der Waals surface area contributed by atoms with E-state index in [1.54, 1.807) is 0 Å². The van der Waals surface area contributed by atoms with Crippen molar-refractivity contribution in [1.82, 2.24) is 10.2 Å². The van der Waals surface area contributed by atoms with Crippen LogP contribution in [0.3, 0.4) is 0 Å². The summed E-state index contributed by atoms with van der Waals surface area (Å²) in [5, 5.41) is 3.08. The third-order valence-corrected chi connectivity index (χ3v) is 4.18. The van der Waals surface area contributed by atoms with E-state index in [4.69, 9.17) is 0 Å². The molecule has 0 aromatic heterocycles. The monoisotopic (exact) mass is 274 g/mol. The molecule has 1 aliphatic carbocycles. The van der Waals surface area contributed by atoms with E-state index in [2.05, 4.69) is 48.5 Å². The maximum Gasteiger partial charge on any atom is 0.223 e. The molecule has 3 nitrogen and oxygen atoms in total. The average Bonchev–Trinajstić information content (AvgIpc) is 2.99. The van der Waals surface area contributed by atoms with E-state index < -0.39 is 0 Å². The minimum atomic E-state index is 0.235. The Balaban J connectivity index is 1.86. The van der Waals surface area contributed by atoms with Gasteiger partial charge < -0.3 is 10.2 Å². The molecule has 3 heteroatoms. The summed E-state index contributed by atoms with van der Waals surface area (Å²) < 4.78 is 0. The van der Waals surface area contributed by atoms with Gasteiger partial charge in [-0.3, -0.25) is 4.79 Å². The largest absolute Gasteiger partial charge is 0.352 e. The molecule has 0 unspecified atom stereocenters. The number of benzene rings is 1. The fourth-order valence-corrected chi connectivity index (χ4v) is 2.78. The second-order valence-electron chi connectivity index (χ2n) is 5.85. The molecule has 2 rings (SSSR count). The van der Waals surface area contributed by atoms with E-state index in [0.29, 0.717) is 6.54 Å². The van der Waals surface area contributed by atoms with Gasteiger partial charge >= 0.3 is 0 Å². The molecule has 0 heterocycles. The number of hydrogen-bond donors (Lipinski definition) is 1. The topological polar surface area (TPSA) is 32.3 Å². The molecule has 1 fully saturated rings. The van der Waals surface area contributed by atoms with Crippen LogP contribution in [0.15, 0.2) is 24.3 Å². The van der Waals surface area contributed by atoms with Crippen LogP contribution in [0.25, 0.3) is 0 Å². The van der Waals surface area contributed by atoms with Gasteiger partial charge in [-0.05, 0) is 37.6 Å². The van der Waals surface area contributed by atoms with Crippen molar-refractivity contribution in [2.24, 2.45) is 5.92 Å². The molecule has 110 valence electrons. The average molecular weight is 274 g/mol. The lowest BCUT2D eigenvalue weighted by Gasteiger charge is -2.15. The Labute approximate surface area is 122 Å². The molecule has 1 saturated carbocycles. The van der Waals surface area contributed by atoms with Crippen LogP contribution in [0.5, 0.6) is 0 Å². The van der Waals surface area contributed by atoms with Crippen LogP contribution in [0.1, 0.15) is 43.7 Å². The molecule has 1 aromatic rings. The highest BCUT2D eigenvalue weighted by Crippen LogP contribution is 2.24. The van der Waals surface area contributed by atoms with E-state index in [-0.39, 0.29) is 11.8 Å². The highest BCUT2D eigenvalue weighted by atomic mass is 16.1. The van der Waals surface area contributed by atoms with Gasteiger partial charge in [0.2, 0.25) is 5.91 Å². The summed E-state index contributed by atoms with van der Waals surface area (Å²) in [6.45, 7) is 4.81. The van der Waals surface area contributed by atoms with Crippen molar-refractivity contribution in [3.8, 4) is 0 Å². The van der Waals surface area contributed by atoms with Crippen LogP contribution in [0, 0.1) is 5.92 Å².